The van der Waals surface area contributed by atoms with E-state index < -0.39 is 0 Å². The fraction of sp³-hybridized carbons (Fsp3) is 0. The second-order valence-electron chi connectivity index (χ2n) is 13.2. The van der Waals surface area contributed by atoms with Crippen LogP contribution < -0.4 is 0 Å². The van der Waals surface area contributed by atoms with E-state index in [0.717, 1.165) is 71.7 Å². The number of hydrogen-bond acceptors (Lipinski definition) is 3. The Labute approximate surface area is 288 Å². The quantitative estimate of drug-likeness (QED) is 0.144. The van der Waals surface area contributed by atoms with Crippen LogP contribution in [-0.2, 0) is 0 Å². The Morgan fingerprint density at radius 3 is 1.72 bits per heavy atom. The Morgan fingerprint density at radius 1 is 0.300 bits per heavy atom. The summed E-state index contributed by atoms with van der Waals surface area (Å²) in [5.41, 5.74) is 15.5. The van der Waals surface area contributed by atoms with E-state index in [1.54, 1.807) is 0 Å². The average molecular weight is 634 g/mol. The summed E-state index contributed by atoms with van der Waals surface area (Å²) in [7, 11) is 0. The summed E-state index contributed by atoms with van der Waals surface area (Å²) in [5, 5.41) is 6.99. The molecule has 11 rings (SSSR count). The molecule has 0 unspecified atom stereocenters. The molecule has 0 spiro atoms. The van der Waals surface area contributed by atoms with Gasteiger partial charge < -0.3 is 0 Å². The summed E-state index contributed by atoms with van der Waals surface area (Å²) in [6, 6.07) is 58.4. The summed E-state index contributed by atoms with van der Waals surface area (Å²) in [6.45, 7) is 0. The van der Waals surface area contributed by atoms with E-state index in [2.05, 4.69) is 158 Å². The molecule has 0 N–H and O–H groups in total. The Hall–Kier alpha value is -6.71. The first-order valence-electron chi connectivity index (χ1n) is 17.0. The Balaban J connectivity index is 0.988. The molecule has 0 fully saturated rings. The summed E-state index contributed by atoms with van der Waals surface area (Å²) < 4.78 is 0. The Kier molecular flexibility index (Phi) is 5.67. The first kappa shape index (κ1) is 27.3. The average Bonchev–Trinajstić information content (AvgIpc) is 3.51. The van der Waals surface area contributed by atoms with Gasteiger partial charge in [-0.05, 0) is 80.6 Å². The van der Waals surface area contributed by atoms with Gasteiger partial charge in [-0.15, -0.1) is 0 Å². The van der Waals surface area contributed by atoms with E-state index in [1.807, 2.05) is 6.07 Å². The number of para-hydroxylation sites is 1. The van der Waals surface area contributed by atoms with Crippen molar-refractivity contribution in [3.63, 3.8) is 0 Å². The molecule has 1 aliphatic rings. The molecular weight excluding hydrogens is 607 g/mol. The van der Waals surface area contributed by atoms with Crippen molar-refractivity contribution in [3.8, 4) is 55.9 Å². The third-order valence-corrected chi connectivity index (χ3v) is 10.4. The van der Waals surface area contributed by atoms with Crippen molar-refractivity contribution in [2.45, 2.75) is 0 Å². The molecule has 10 aromatic rings. The highest BCUT2D eigenvalue weighted by atomic mass is 14.8. The molecule has 0 atom stereocenters. The van der Waals surface area contributed by atoms with E-state index in [-0.39, 0.29) is 0 Å². The van der Waals surface area contributed by atoms with E-state index in [0.29, 0.717) is 0 Å². The lowest BCUT2D eigenvalue weighted by Gasteiger charge is -2.11. The van der Waals surface area contributed by atoms with Gasteiger partial charge in [0.2, 0.25) is 0 Å². The predicted octanol–water partition coefficient (Wildman–Crippen LogP) is 12.3. The molecule has 3 heteroatoms. The maximum Gasteiger partial charge on any atom is 0.0972 e. The molecule has 3 aromatic heterocycles. The molecule has 50 heavy (non-hydrogen) atoms. The van der Waals surface area contributed by atoms with Crippen molar-refractivity contribution in [1.82, 2.24) is 15.0 Å². The van der Waals surface area contributed by atoms with Gasteiger partial charge in [-0.2, -0.15) is 0 Å². The molecule has 0 bridgehead atoms. The number of hydrogen-bond donors (Lipinski definition) is 0. The molecular formula is C47H27N3. The minimum absolute atomic E-state index is 0.915. The van der Waals surface area contributed by atoms with E-state index >= 15 is 0 Å². The lowest BCUT2D eigenvalue weighted by Crippen LogP contribution is -1.92. The molecule has 3 nitrogen and oxygen atoms in total. The molecule has 0 amide bonds. The highest BCUT2D eigenvalue weighted by Gasteiger charge is 2.22. The zero-order valence-corrected chi connectivity index (χ0v) is 26.9. The van der Waals surface area contributed by atoms with Crippen molar-refractivity contribution >= 4 is 54.4 Å². The number of rotatable bonds is 3. The number of aromatic nitrogens is 3. The van der Waals surface area contributed by atoms with Gasteiger partial charge in [-0.3, -0.25) is 0 Å². The standard InChI is InChI=1S/C47H27N3/c1-4-11-41-33(6-1)27-34-26-32(20-24-43(34)48-41)28-12-14-29(15-13-28)42-23-18-30-16-17-31-19-25-44(50-47(31)46(30)49-42)37-21-22-40-36-8-3-2-7-35(36)38-9-5-10-39(37)45(38)40/h1-27H. The minimum atomic E-state index is 0.915. The number of benzene rings is 7. The van der Waals surface area contributed by atoms with Crippen LogP contribution in [0.25, 0.3) is 110 Å². The van der Waals surface area contributed by atoms with Crippen LogP contribution in [0.15, 0.2) is 164 Å². The van der Waals surface area contributed by atoms with Gasteiger partial charge in [0.1, 0.15) is 0 Å². The number of nitrogens with zero attached hydrogens (tertiary/aromatic N) is 3. The lowest BCUT2D eigenvalue weighted by molar-refractivity contribution is 1.37. The third-order valence-electron chi connectivity index (χ3n) is 10.4. The zero-order chi connectivity index (χ0) is 32.8. The first-order chi connectivity index (χ1) is 24.7. The van der Waals surface area contributed by atoms with Crippen LogP contribution in [0.5, 0.6) is 0 Å². The van der Waals surface area contributed by atoms with Crippen molar-refractivity contribution < 1.29 is 0 Å². The maximum absolute atomic E-state index is 5.32. The van der Waals surface area contributed by atoms with E-state index in [4.69, 9.17) is 15.0 Å². The van der Waals surface area contributed by atoms with Gasteiger partial charge in [0, 0.05) is 32.7 Å². The molecule has 0 saturated heterocycles. The van der Waals surface area contributed by atoms with Crippen LogP contribution in [0.1, 0.15) is 0 Å². The van der Waals surface area contributed by atoms with Crippen molar-refractivity contribution in [2.75, 3.05) is 0 Å². The van der Waals surface area contributed by atoms with Crippen molar-refractivity contribution in [3.05, 3.63) is 164 Å². The normalized spacial score (nSPS) is 12.0. The Bertz CT molecular complexity index is 3000. The molecule has 0 radical (unpaired) electrons. The fourth-order valence-corrected chi connectivity index (χ4v) is 7.90. The third kappa shape index (κ3) is 4.07. The molecule has 7 aromatic carbocycles. The molecule has 3 heterocycles. The molecule has 1 aliphatic carbocycles. The highest BCUT2D eigenvalue weighted by molar-refractivity contribution is 6.18. The van der Waals surface area contributed by atoms with Crippen LogP contribution >= 0.6 is 0 Å². The number of fused-ring (bicyclic) bond motifs is 8. The molecule has 0 saturated carbocycles. The van der Waals surface area contributed by atoms with Gasteiger partial charge in [-0.25, -0.2) is 15.0 Å². The molecule has 230 valence electrons. The lowest BCUT2D eigenvalue weighted by atomic mass is 9.96. The van der Waals surface area contributed by atoms with Crippen LogP contribution in [-0.4, -0.2) is 15.0 Å². The largest absolute Gasteiger partial charge is 0.248 e. The summed E-state index contributed by atoms with van der Waals surface area (Å²) in [4.78, 5) is 15.4. The monoisotopic (exact) mass is 633 g/mol. The van der Waals surface area contributed by atoms with Gasteiger partial charge in [0.05, 0.1) is 33.5 Å². The minimum Gasteiger partial charge on any atom is -0.248 e. The van der Waals surface area contributed by atoms with Gasteiger partial charge in [-0.1, -0.05) is 127 Å². The SMILES string of the molecule is c1ccc2c(c1)-c1cccc3c(-c4ccc5ccc6ccc(-c7ccc(-c8ccc9nc%10ccccc%10cc9c8)cc7)nc6c5n4)ccc-2c13. The van der Waals surface area contributed by atoms with Crippen molar-refractivity contribution in [1.29, 1.82) is 0 Å². The fourth-order valence-electron chi connectivity index (χ4n) is 7.90. The van der Waals surface area contributed by atoms with Crippen LogP contribution in [0.4, 0.5) is 0 Å². The summed E-state index contributed by atoms with van der Waals surface area (Å²) in [5.74, 6) is 0. The van der Waals surface area contributed by atoms with Gasteiger partial charge >= 0.3 is 0 Å². The predicted molar refractivity (Wildman–Crippen MR) is 208 cm³/mol. The zero-order valence-electron chi connectivity index (χ0n) is 26.9. The molecule has 0 aliphatic heterocycles. The second kappa shape index (κ2) is 10.4. The number of pyridine rings is 3. The van der Waals surface area contributed by atoms with Crippen LogP contribution in [0, 0.1) is 0 Å². The highest BCUT2D eigenvalue weighted by Crippen LogP contribution is 2.49. The van der Waals surface area contributed by atoms with Crippen LogP contribution in [0.2, 0.25) is 0 Å². The second-order valence-corrected chi connectivity index (χ2v) is 13.2. The van der Waals surface area contributed by atoms with E-state index in [1.165, 1.54) is 38.6 Å². The first-order valence-corrected chi connectivity index (χ1v) is 17.0. The summed E-state index contributed by atoms with van der Waals surface area (Å²) >= 11 is 0. The maximum atomic E-state index is 5.32. The van der Waals surface area contributed by atoms with E-state index in [9.17, 15) is 0 Å². The Morgan fingerprint density at radius 2 is 0.900 bits per heavy atom. The van der Waals surface area contributed by atoms with Crippen LogP contribution in [0.3, 0.4) is 0 Å². The smallest absolute Gasteiger partial charge is 0.0972 e. The topological polar surface area (TPSA) is 38.7 Å². The van der Waals surface area contributed by atoms with Crippen molar-refractivity contribution in [2.24, 2.45) is 0 Å². The van der Waals surface area contributed by atoms with Gasteiger partial charge in [0.25, 0.3) is 0 Å². The summed E-state index contributed by atoms with van der Waals surface area (Å²) in [6.07, 6.45) is 0. The van der Waals surface area contributed by atoms with Gasteiger partial charge in [0.15, 0.2) is 0 Å².